The Hall–Kier alpha value is -0.610. The maximum Gasteiger partial charge on any atom is 0.255 e. The highest BCUT2D eigenvalue weighted by Gasteiger charge is 1.99. The smallest absolute Gasteiger partial charge is 0.255 e. The third kappa shape index (κ3) is 1.02. The largest absolute Gasteiger partial charge is 0.273 e. The van der Waals surface area contributed by atoms with E-state index in [1.54, 1.807) is 34.1 Å². The predicted octanol–water partition coefficient (Wildman–Crippen LogP) is 2.12. The molecule has 0 spiro atoms. The van der Waals surface area contributed by atoms with E-state index in [-0.39, 0.29) is 5.56 Å². The van der Waals surface area contributed by atoms with Gasteiger partial charge in [-0.1, -0.05) is 0 Å². The van der Waals surface area contributed by atoms with Crippen LogP contribution in [0.1, 0.15) is 0 Å². The number of fused-ring (bicyclic) bond motifs is 1. The Morgan fingerprint density at radius 1 is 1.45 bits per heavy atom. The summed E-state index contributed by atoms with van der Waals surface area (Å²) in [6, 6.07) is 3.32. The molecule has 2 aromatic rings. The molecule has 0 aliphatic rings. The molecule has 0 aliphatic carbocycles. The number of rotatable bonds is 0. The normalized spacial score (nSPS) is 10.6. The van der Waals surface area contributed by atoms with Gasteiger partial charge in [0, 0.05) is 17.6 Å². The summed E-state index contributed by atoms with van der Waals surface area (Å²) < 4.78 is 2.58. The maximum atomic E-state index is 11.1. The van der Waals surface area contributed by atoms with Gasteiger partial charge in [-0.3, -0.25) is 9.20 Å². The van der Waals surface area contributed by atoms with Crippen molar-refractivity contribution in [3.8, 4) is 0 Å². The van der Waals surface area contributed by atoms with E-state index in [1.165, 1.54) is 0 Å². The molecule has 11 heavy (non-hydrogen) atoms. The van der Waals surface area contributed by atoms with Gasteiger partial charge < -0.3 is 0 Å². The predicted molar refractivity (Wildman–Crippen MR) is 49.2 cm³/mol. The van der Waals surface area contributed by atoms with Crippen LogP contribution >= 0.6 is 27.3 Å². The topological polar surface area (TPSA) is 21.5 Å². The molecule has 0 aliphatic heterocycles. The van der Waals surface area contributed by atoms with E-state index >= 15 is 0 Å². The summed E-state index contributed by atoms with van der Waals surface area (Å²) >= 11 is 4.91. The number of hydrogen-bond acceptors (Lipinski definition) is 2. The minimum Gasteiger partial charge on any atom is -0.273 e. The van der Waals surface area contributed by atoms with E-state index in [9.17, 15) is 4.79 Å². The molecule has 2 aromatic heterocycles. The molecule has 2 rings (SSSR count). The average molecular weight is 230 g/mol. The molecule has 0 atom stereocenters. The van der Waals surface area contributed by atoms with Crippen LogP contribution in [0.3, 0.4) is 0 Å². The first-order chi connectivity index (χ1) is 5.29. The summed E-state index contributed by atoms with van der Waals surface area (Å²) in [6.07, 6.45) is 1.77. The molecule has 56 valence electrons. The number of hydrogen-bond donors (Lipinski definition) is 0. The minimum atomic E-state index is 0.0180. The molecule has 0 unspecified atom stereocenters. The van der Waals surface area contributed by atoms with Crippen LogP contribution in [0.15, 0.2) is 33.0 Å². The van der Waals surface area contributed by atoms with E-state index in [0.29, 0.717) is 0 Å². The fourth-order valence-corrected chi connectivity index (χ4v) is 2.28. The van der Waals surface area contributed by atoms with Crippen LogP contribution in [0.5, 0.6) is 0 Å². The monoisotopic (exact) mass is 229 g/mol. The van der Waals surface area contributed by atoms with Gasteiger partial charge in [-0.15, -0.1) is 11.3 Å². The molecule has 2 nitrogen and oxygen atoms in total. The first-order valence-corrected chi connectivity index (χ1v) is 4.71. The zero-order valence-corrected chi connectivity index (χ0v) is 7.85. The van der Waals surface area contributed by atoms with E-state index in [1.807, 2.05) is 5.38 Å². The third-order valence-corrected chi connectivity index (χ3v) is 3.22. The lowest BCUT2D eigenvalue weighted by Gasteiger charge is -1.92. The van der Waals surface area contributed by atoms with Crippen molar-refractivity contribution >= 4 is 32.1 Å². The highest BCUT2D eigenvalue weighted by molar-refractivity contribution is 9.10. The molecule has 0 fully saturated rings. The second-order valence-electron chi connectivity index (χ2n) is 2.10. The molecule has 0 radical (unpaired) electrons. The van der Waals surface area contributed by atoms with Crippen molar-refractivity contribution < 1.29 is 0 Å². The van der Waals surface area contributed by atoms with Crippen LogP contribution in [-0.2, 0) is 0 Å². The Balaban J connectivity index is 3.08. The van der Waals surface area contributed by atoms with Crippen molar-refractivity contribution in [2.45, 2.75) is 0 Å². The molecular formula is C7H4BrNOS. The van der Waals surface area contributed by atoms with E-state index in [4.69, 9.17) is 0 Å². The summed E-state index contributed by atoms with van der Waals surface area (Å²) in [6.45, 7) is 0. The summed E-state index contributed by atoms with van der Waals surface area (Å²) in [5, 5.41) is 1.89. The van der Waals surface area contributed by atoms with Gasteiger partial charge in [-0.05, 0) is 22.0 Å². The number of nitrogens with zero attached hydrogens (tertiary/aromatic N) is 1. The summed E-state index contributed by atoms with van der Waals surface area (Å²) in [5.41, 5.74) is 0.0180. The van der Waals surface area contributed by atoms with Gasteiger partial charge >= 0.3 is 0 Å². The molecule has 0 N–H and O–H groups in total. The van der Waals surface area contributed by atoms with Gasteiger partial charge in [0.2, 0.25) is 0 Å². The van der Waals surface area contributed by atoms with E-state index in [2.05, 4.69) is 15.9 Å². The molecule has 0 bridgehead atoms. The van der Waals surface area contributed by atoms with Crippen molar-refractivity contribution in [3.05, 3.63) is 38.5 Å². The molecule has 4 heteroatoms. The van der Waals surface area contributed by atoms with Crippen LogP contribution < -0.4 is 5.56 Å². The summed E-state index contributed by atoms with van der Waals surface area (Å²) in [7, 11) is 0. The van der Waals surface area contributed by atoms with Gasteiger partial charge in [-0.25, -0.2) is 0 Å². The zero-order valence-electron chi connectivity index (χ0n) is 5.45. The van der Waals surface area contributed by atoms with Gasteiger partial charge in [-0.2, -0.15) is 0 Å². The van der Waals surface area contributed by atoms with Crippen molar-refractivity contribution in [3.63, 3.8) is 0 Å². The van der Waals surface area contributed by atoms with Crippen LogP contribution in [-0.4, -0.2) is 4.40 Å². The standard InChI is InChI=1S/C7H4BrNOS/c8-5-1-2-6(10)9-3-4-11-7(5)9/h1-4H. The SMILES string of the molecule is O=c1ccc(Br)c2sccn12. The van der Waals surface area contributed by atoms with Crippen molar-refractivity contribution in [2.75, 3.05) is 0 Å². The molecule has 0 amide bonds. The molecule has 0 aromatic carbocycles. The fourth-order valence-electron chi connectivity index (χ4n) is 0.921. The first kappa shape index (κ1) is 7.06. The highest BCUT2D eigenvalue weighted by Crippen LogP contribution is 2.19. The zero-order chi connectivity index (χ0) is 7.84. The van der Waals surface area contributed by atoms with Crippen molar-refractivity contribution in [1.82, 2.24) is 4.40 Å². The van der Waals surface area contributed by atoms with E-state index in [0.717, 1.165) is 9.30 Å². The molecular weight excluding hydrogens is 226 g/mol. The Morgan fingerprint density at radius 3 is 3.00 bits per heavy atom. The van der Waals surface area contributed by atoms with Crippen molar-refractivity contribution in [1.29, 1.82) is 0 Å². The number of thiazole rings is 1. The average Bonchev–Trinajstić information content (AvgIpc) is 2.45. The Kier molecular flexibility index (Phi) is 1.58. The lowest BCUT2D eigenvalue weighted by atomic mass is 10.5. The number of halogens is 1. The third-order valence-electron chi connectivity index (χ3n) is 1.42. The Bertz CT molecular complexity index is 445. The van der Waals surface area contributed by atoms with Crippen molar-refractivity contribution in [2.24, 2.45) is 0 Å². The number of aromatic nitrogens is 1. The maximum absolute atomic E-state index is 11.1. The highest BCUT2D eigenvalue weighted by atomic mass is 79.9. The van der Waals surface area contributed by atoms with Crippen LogP contribution in [0.25, 0.3) is 4.83 Å². The minimum absolute atomic E-state index is 0.0180. The van der Waals surface area contributed by atoms with Crippen LogP contribution in [0, 0.1) is 0 Å². The summed E-state index contributed by atoms with van der Waals surface area (Å²) in [5.74, 6) is 0. The van der Waals surface area contributed by atoms with Gasteiger partial charge in [0.25, 0.3) is 5.56 Å². The lowest BCUT2D eigenvalue weighted by molar-refractivity contribution is 1.12. The van der Waals surface area contributed by atoms with Gasteiger partial charge in [0.15, 0.2) is 0 Å². The molecule has 0 saturated carbocycles. The summed E-state index contributed by atoms with van der Waals surface area (Å²) in [4.78, 5) is 12.1. The second-order valence-corrected chi connectivity index (χ2v) is 3.85. The first-order valence-electron chi connectivity index (χ1n) is 3.03. The van der Waals surface area contributed by atoms with Crippen LogP contribution in [0.2, 0.25) is 0 Å². The second kappa shape index (κ2) is 2.46. The lowest BCUT2D eigenvalue weighted by Crippen LogP contribution is -2.08. The fraction of sp³-hybridized carbons (Fsp3) is 0. The molecule has 0 saturated heterocycles. The Morgan fingerprint density at radius 2 is 2.27 bits per heavy atom. The molecule has 2 heterocycles. The van der Waals surface area contributed by atoms with Gasteiger partial charge in [0.1, 0.15) is 4.83 Å². The Labute approximate surface area is 75.2 Å². The quantitative estimate of drug-likeness (QED) is 0.679. The van der Waals surface area contributed by atoms with E-state index < -0.39 is 0 Å². The van der Waals surface area contributed by atoms with Crippen LogP contribution in [0.4, 0.5) is 0 Å². The van der Waals surface area contributed by atoms with Gasteiger partial charge in [0.05, 0.1) is 4.47 Å². The number of pyridine rings is 1.